The second kappa shape index (κ2) is 5.62. The summed E-state index contributed by atoms with van der Waals surface area (Å²) in [4.78, 5) is 18.3. The van der Waals surface area contributed by atoms with Crippen molar-refractivity contribution in [3.63, 3.8) is 0 Å². The second-order valence-electron chi connectivity index (χ2n) is 5.66. The molecule has 7 nitrogen and oxygen atoms in total. The molecule has 3 aromatic heterocycles. The molecule has 0 aromatic carbocycles. The Morgan fingerprint density at radius 2 is 2.39 bits per heavy atom. The molecule has 118 valence electrons. The minimum absolute atomic E-state index is 0.162. The van der Waals surface area contributed by atoms with E-state index >= 15 is 0 Å². The van der Waals surface area contributed by atoms with Gasteiger partial charge in [-0.25, -0.2) is 0 Å². The van der Waals surface area contributed by atoms with Gasteiger partial charge in [0.1, 0.15) is 12.2 Å². The lowest BCUT2D eigenvalue weighted by Crippen LogP contribution is -2.26. The maximum atomic E-state index is 12.5. The summed E-state index contributed by atoms with van der Waals surface area (Å²) in [5.41, 5.74) is 2.20. The summed E-state index contributed by atoms with van der Waals surface area (Å²) < 4.78 is 5.21. The molecule has 0 saturated heterocycles. The molecule has 1 N–H and O–H groups in total. The first-order chi connectivity index (χ1) is 11.2. The zero-order chi connectivity index (χ0) is 15.8. The van der Waals surface area contributed by atoms with Crippen LogP contribution in [0.1, 0.15) is 41.0 Å². The number of amides is 1. The molecule has 0 bridgehead atoms. The van der Waals surface area contributed by atoms with E-state index < -0.39 is 0 Å². The van der Waals surface area contributed by atoms with E-state index in [9.17, 15) is 4.79 Å². The summed E-state index contributed by atoms with van der Waals surface area (Å²) in [5.74, 6) is 1.49. The number of carbonyl (C=O) groups is 1. The lowest BCUT2D eigenvalue weighted by Gasteiger charge is -2.12. The van der Waals surface area contributed by atoms with E-state index in [1.54, 1.807) is 24.5 Å². The van der Waals surface area contributed by atoms with Crippen molar-refractivity contribution in [3.05, 3.63) is 40.3 Å². The van der Waals surface area contributed by atoms with Crippen molar-refractivity contribution in [1.29, 1.82) is 0 Å². The van der Waals surface area contributed by atoms with Crippen molar-refractivity contribution in [1.82, 2.24) is 25.2 Å². The average molecular weight is 329 g/mol. The molecular weight excluding hydrogens is 314 g/mol. The van der Waals surface area contributed by atoms with Crippen molar-refractivity contribution < 1.29 is 9.32 Å². The van der Waals surface area contributed by atoms with Gasteiger partial charge in [-0.15, -0.1) is 0 Å². The molecule has 0 spiro atoms. The van der Waals surface area contributed by atoms with Gasteiger partial charge >= 0.3 is 0 Å². The van der Waals surface area contributed by atoms with Gasteiger partial charge in [0.05, 0.1) is 5.69 Å². The number of rotatable bonds is 5. The summed E-state index contributed by atoms with van der Waals surface area (Å²) in [6.07, 6.45) is 2.24. The minimum atomic E-state index is -0.162. The van der Waals surface area contributed by atoms with Crippen LogP contribution in [0, 0.1) is 0 Å². The summed E-state index contributed by atoms with van der Waals surface area (Å²) in [6, 6.07) is 3.72. The largest absolute Gasteiger partial charge is 0.337 e. The lowest BCUT2D eigenvalue weighted by atomic mass is 10.2. The molecule has 23 heavy (non-hydrogen) atoms. The van der Waals surface area contributed by atoms with E-state index in [1.807, 2.05) is 16.8 Å². The van der Waals surface area contributed by atoms with Gasteiger partial charge in [0.15, 0.2) is 5.82 Å². The minimum Gasteiger partial charge on any atom is -0.337 e. The number of nitrogens with one attached hydrogen (secondary N) is 1. The summed E-state index contributed by atoms with van der Waals surface area (Å²) >= 11 is 1.59. The molecule has 0 unspecified atom stereocenters. The first-order valence-electron chi connectivity index (χ1n) is 7.36. The van der Waals surface area contributed by atoms with Crippen LogP contribution in [-0.2, 0) is 6.54 Å². The average Bonchev–Trinajstić information content (AvgIpc) is 3.02. The normalized spacial score (nSPS) is 14.1. The van der Waals surface area contributed by atoms with Crippen LogP contribution >= 0.6 is 11.3 Å². The number of hydrogen-bond donors (Lipinski definition) is 1. The Balaban J connectivity index is 1.45. The third-order valence-electron chi connectivity index (χ3n) is 3.77. The van der Waals surface area contributed by atoms with Crippen molar-refractivity contribution in [2.45, 2.75) is 25.3 Å². The van der Waals surface area contributed by atoms with E-state index in [-0.39, 0.29) is 12.5 Å². The van der Waals surface area contributed by atoms with Gasteiger partial charge in [-0.3, -0.25) is 9.89 Å². The number of hydrogen-bond acceptors (Lipinski definition) is 6. The zero-order valence-corrected chi connectivity index (χ0v) is 13.3. The fourth-order valence-electron chi connectivity index (χ4n) is 2.31. The Morgan fingerprint density at radius 3 is 3.13 bits per heavy atom. The second-order valence-corrected chi connectivity index (χ2v) is 6.44. The molecule has 1 fully saturated rings. The first kappa shape index (κ1) is 14.1. The van der Waals surface area contributed by atoms with Crippen molar-refractivity contribution in [3.8, 4) is 11.3 Å². The number of H-pyrrole nitrogens is 1. The topological polar surface area (TPSA) is 87.9 Å². The summed E-state index contributed by atoms with van der Waals surface area (Å²) in [6.45, 7) is 0.283. The van der Waals surface area contributed by atoms with E-state index in [0.717, 1.165) is 29.9 Å². The molecule has 1 amide bonds. The van der Waals surface area contributed by atoms with Crippen LogP contribution in [0.3, 0.4) is 0 Å². The monoisotopic (exact) mass is 329 g/mol. The van der Waals surface area contributed by atoms with E-state index in [2.05, 4.69) is 20.3 Å². The maximum Gasteiger partial charge on any atom is 0.272 e. The van der Waals surface area contributed by atoms with Gasteiger partial charge in [-0.05, 0) is 30.4 Å². The van der Waals surface area contributed by atoms with E-state index in [4.69, 9.17) is 4.52 Å². The highest BCUT2D eigenvalue weighted by atomic mass is 32.1. The van der Waals surface area contributed by atoms with Crippen molar-refractivity contribution >= 4 is 17.2 Å². The number of carbonyl (C=O) groups excluding carboxylic acids is 1. The van der Waals surface area contributed by atoms with Gasteiger partial charge < -0.3 is 9.42 Å². The third kappa shape index (κ3) is 2.89. The maximum absolute atomic E-state index is 12.5. The first-order valence-corrected chi connectivity index (χ1v) is 8.31. The molecule has 1 aliphatic rings. The molecule has 0 aliphatic heterocycles. The Morgan fingerprint density at radius 1 is 1.52 bits per heavy atom. The number of thiophene rings is 1. The van der Waals surface area contributed by atoms with Gasteiger partial charge in [0.2, 0.25) is 5.89 Å². The highest BCUT2D eigenvalue weighted by Gasteiger charge is 2.29. The highest BCUT2D eigenvalue weighted by Crippen LogP contribution is 2.38. The molecule has 3 heterocycles. The van der Waals surface area contributed by atoms with Crippen LogP contribution in [0.15, 0.2) is 27.4 Å². The van der Waals surface area contributed by atoms with Gasteiger partial charge in [0.25, 0.3) is 5.91 Å². The van der Waals surface area contributed by atoms with Crippen LogP contribution in [0.25, 0.3) is 11.3 Å². The van der Waals surface area contributed by atoms with Crippen LogP contribution < -0.4 is 0 Å². The summed E-state index contributed by atoms with van der Waals surface area (Å²) in [5, 5.41) is 14.9. The van der Waals surface area contributed by atoms with Crippen molar-refractivity contribution in [2.75, 3.05) is 7.05 Å². The van der Waals surface area contributed by atoms with Crippen LogP contribution in [0.2, 0.25) is 0 Å². The zero-order valence-electron chi connectivity index (χ0n) is 12.5. The lowest BCUT2D eigenvalue weighted by molar-refractivity contribution is 0.0763. The highest BCUT2D eigenvalue weighted by molar-refractivity contribution is 7.08. The van der Waals surface area contributed by atoms with Gasteiger partial charge in [-0.2, -0.15) is 21.4 Å². The number of aromatic nitrogens is 4. The Kier molecular flexibility index (Phi) is 3.45. The van der Waals surface area contributed by atoms with Gasteiger partial charge in [0, 0.05) is 23.9 Å². The van der Waals surface area contributed by atoms with Crippen LogP contribution in [-0.4, -0.2) is 38.2 Å². The van der Waals surface area contributed by atoms with Gasteiger partial charge in [-0.1, -0.05) is 5.16 Å². The van der Waals surface area contributed by atoms with Crippen molar-refractivity contribution in [2.24, 2.45) is 0 Å². The fraction of sp³-hybridized carbons (Fsp3) is 0.333. The standard InChI is InChI=1S/C15H15N5O2S/c1-20(7-13-16-14(19-22-13)9-2-3-9)15(21)12-6-11(17-18-12)10-4-5-23-8-10/h4-6,8-9H,2-3,7H2,1H3,(H,17,18). The van der Waals surface area contributed by atoms with Crippen LogP contribution in [0.4, 0.5) is 0 Å². The molecule has 0 radical (unpaired) electrons. The molecule has 1 saturated carbocycles. The smallest absolute Gasteiger partial charge is 0.272 e. The quantitative estimate of drug-likeness (QED) is 0.777. The SMILES string of the molecule is CN(Cc1nc(C2CC2)no1)C(=O)c1cc(-c2ccsc2)n[nH]1. The predicted octanol–water partition coefficient (Wildman–Crippen LogP) is 2.67. The Bertz CT molecular complexity index is 819. The summed E-state index contributed by atoms with van der Waals surface area (Å²) in [7, 11) is 1.70. The molecule has 0 atom stereocenters. The number of nitrogens with zero attached hydrogens (tertiary/aromatic N) is 4. The molecule has 8 heteroatoms. The third-order valence-corrected chi connectivity index (χ3v) is 4.45. The molecule has 4 rings (SSSR count). The molecule has 3 aromatic rings. The molecular formula is C15H15N5O2S. The predicted molar refractivity (Wildman–Crippen MR) is 84.0 cm³/mol. The number of aromatic amines is 1. The Labute approximate surface area is 136 Å². The van der Waals surface area contributed by atoms with E-state index in [1.165, 1.54) is 4.90 Å². The fourth-order valence-corrected chi connectivity index (χ4v) is 2.96. The molecule has 1 aliphatic carbocycles. The Hall–Kier alpha value is -2.48. The van der Waals surface area contributed by atoms with Crippen LogP contribution in [0.5, 0.6) is 0 Å². The van der Waals surface area contributed by atoms with E-state index in [0.29, 0.717) is 17.5 Å².